The number of hydrazine groups is 1. The van der Waals surface area contributed by atoms with Crippen LogP contribution in [0.5, 0.6) is 0 Å². The Bertz CT molecular complexity index is 698. The number of benzene rings is 1. The molecule has 6 nitrogen and oxygen atoms in total. The number of aromatic nitrogens is 3. The van der Waals surface area contributed by atoms with Gasteiger partial charge >= 0.3 is 5.69 Å². The maximum atomic E-state index is 12.2. The number of anilines is 1. The van der Waals surface area contributed by atoms with Crippen LogP contribution >= 0.6 is 11.6 Å². The molecule has 0 saturated carbocycles. The van der Waals surface area contributed by atoms with Crippen LogP contribution in [0, 0.1) is 0 Å². The number of hydrogen-bond acceptors (Lipinski definition) is 5. The van der Waals surface area contributed by atoms with E-state index in [9.17, 15) is 4.79 Å². The molecule has 0 aliphatic rings. The minimum Gasteiger partial charge on any atom is -0.289 e. The van der Waals surface area contributed by atoms with Gasteiger partial charge in [0.1, 0.15) is 5.82 Å². The van der Waals surface area contributed by atoms with Gasteiger partial charge in [0.05, 0.1) is 5.69 Å². The van der Waals surface area contributed by atoms with E-state index in [1.807, 2.05) is 6.92 Å². The largest absolute Gasteiger partial charge is 0.356 e. The van der Waals surface area contributed by atoms with Crippen LogP contribution in [0.1, 0.15) is 12.7 Å². The van der Waals surface area contributed by atoms with Crippen molar-refractivity contribution < 1.29 is 0 Å². The summed E-state index contributed by atoms with van der Waals surface area (Å²) in [6.07, 6.45) is 2.27. The summed E-state index contributed by atoms with van der Waals surface area (Å²) in [4.78, 5) is 20.5. The van der Waals surface area contributed by atoms with Crippen LogP contribution in [-0.2, 0) is 6.42 Å². The van der Waals surface area contributed by atoms with Gasteiger partial charge in [-0.1, -0.05) is 30.7 Å². The minimum atomic E-state index is -0.410. The van der Waals surface area contributed by atoms with Gasteiger partial charge in [0.2, 0.25) is 5.95 Å². The highest BCUT2D eigenvalue weighted by Crippen LogP contribution is 2.14. The highest BCUT2D eigenvalue weighted by molar-refractivity contribution is 6.30. The van der Waals surface area contributed by atoms with Gasteiger partial charge < -0.3 is 0 Å². The van der Waals surface area contributed by atoms with E-state index in [0.717, 1.165) is 0 Å². The lowest BCUT2D eigenvalue weighted by atomic mass is 10.3. The molecular formula is C14H16ClN5O. The zero-order valence-corrected chi connectivity index (χ0v) is 12.4. The SMILES string of the molecule is C=CCNNc1nc(CC)n(-c2cccc(Cl)c2)c(=O)n1. The minimum absolute atomic E-state index is 0.233. The van der Waals surface area contributed by atoms with Crippen molar-refractivity contribution in [2.45, 2.75) is 13.3 Å². The summed E-state index contributed by atoms with van der Waals surface area (Å²) in [5, 5.41) is 0.552. The lowest BCUT2D eigenvalue weighted by Crippen LogP contribution is -2.31. The van der Waals surface area contributed by atoms with E-state index in [-0.39, 0.29) is 5.95 Å². The molecule has 0 aliphatic heterocycles. The molecule has 0 atom stereocenters. The van der Waals surface area contributed by atoms with Gasteiger partial charge in [-0.15, -0.1) is 6.58 Å². The quantitative estimate of drug-likeness (QED) is 0.485. The van der Waals surface area contributed by atoms with Gasteiger partial charge in [-0.25, -0.2) is 14.8 Å². The monoisotopic (exact) mass is 305 g/mol. The molecule has 1 aromatic carbocycles. The molecular weight excluding hydrogens is 290 g/mol. The molecule has 2 aromatic rings. The van der Waals surface area contributed by atoms with Crippen LogP contribution in [0.25, 0.3) is 5.69 Å². The maximum Gasteiger partial charge on any atom is 0.356 e. The molecule has 0 radical (unpaired) electrons. The van der Waals surface area contributed by atoms with Crippen LogP contribution in [-0.4, -0.2) is 21.1 Å². The van der Waals surface area contributed by atoms with Gasteiger partial charge in [0, 0.05) is 18.0 Å². The Morgan fingerprint density at radius 3 is 2.90 bits per heavy atom. The summed E-state index contributed by atoms with van der Waals surface area (Å²) < 4.78 is 1.45. The van der Waals surface area contributed by atoms with Crippen LogP contribution in [0.4, 0.5) is 5.95 Å². The molecule has 0 amide bonds. The topological polar surface area (TPSA) is 71.8 Å². The van der Waals surface area contributed by atoms with Gasteiger partial charge in [0.25, 0.3) is 0 Å². The summed E-state index contributed by atoms with van der Waals surface area (Å²) in [5.74, 6) is 0.831. The molecule has 7 heteroatoms. The lowest BCUT2D eigenvalue weighted by Gasteiger charge is -2.12. The second-order valence-corrected chi connectivity index (χ2v) is 4.65. The molecule has 0 aliphatic carbocycles. The van der Waals surface area contributed by atoms with Crippen molar-refractivity contribution in [2.75, 3.05) is 12.0 Å². The molecule has 2 N–H and O–H groups in total. The highest BCUT2D eigenvalue weighted by atomic mass is 35.5. The van der Waals surface area contributed by atoms with Crippen molar-refractivity contribution >= 4 is 17.5 Å². The Hall–Kier alpha value is -2.18. The molecule has 1 heterocycles. The molecule has 1 aromatic heterocycles. The molecule has 0 saturated heterocycles. The Balaban J connectivity index is 2.42. The van der Waals surface area contributed by atoms with E-state index in [0.29, 0.717) is 29.5 Å². The van der Waals surface area contributed by atoms with Crippen molar-refractivity contribution in [3.8, 4) is 5.69 Å². The summed E-state index contributed by atoms with van der Waals surface area (Å²) in [6, 6.07) is 7.02. The molecule has 0 spiro atoms. The smallest absolute Gasteiger partial charge is 0.289 e. The van der Waals surface area contributed by atoms with E-state index in [2.05, 4.69) is 27.4 Å². The molecule has 21 heavy (non-hydrogen) atoms. The van der Waals surface area contributed by atoms with Crippen LogP contribution in [0.2, 0.25) is 5.02 Å². The Kier molecular flexibility index (Phi) is 5.08. The standard InChI is InChI=1S/C14H16ClN5O/c1-3-8-16-19-13-17-12(4-2)20(14(21)18-13)11-7-5-6-10(15)9-11/h3,5-7,9,16H,1,4,8H2,2H3,(H,18,19,21). The molecule has 0 bridgehead atoms. The number of nitrogens with one attached hydrogen (secondary N) is 2. The molecule has 0 unspecified atom stereocenters. The highest BCUT2D eigenvalue weighted by Gasteiger charge is 2.10. The van der Waals surface area contributed by atoms with Gasteiger partial charge in [-0.05, 0) is 18.2 Å². The zero-order chi connectivity index (χ0) is 15.2. The number of aryl methyl sites for hydroxylation is 1. The van der Waals surface area contributed by atoms with Gasteiger partial charge in [-0.3, -0.25) is 5.43 Å². The fourth-order valence-electron chi connectivity index (χ4n) is 1.82. The Morgan fingerprint density at radius 2 is 2.24 bits per heavy atom. The lowest BCUT2D eigenvalue weighted by molar-refractivity contribution is 0.754. The first-order chi connectivity index (χ1) is 10.2. The fourth-order valence-corrected chi connectivity index (χ4v) is 2.00. The first-order valence-corrected chi connectivity index (χ1v) is 6.89. The third-order valence-corrected chi connectivity index (χ3v) is 2.95. The van der Waals surface area contributed by atoms with E-state index in [1.54, 1.807) is 30.3 Å². The summed E-state index contributed by atoms with van der Waals surface area (Å²) in [5.41, 5.74) is 5.84. The zero-order valence-electron chi connectivity index (χ0n) is 11.6. The number of nitrogens with zero attached hydrogens (tertiary/aromatic N) is 3. The number of hydrogen-bond donors (Lipinski definition) is 2. The van der Waals surface area contributed by atoms with Crippen molar-refractivity contribution in [3.63, 3.8) is 0 Å². The van der Waals surface area contributed by atoms with E-state index in [4.69, 9.17) is 11.6 Å². The molecule has 0 fully saturated rings. The Morgan fingerprint density at radius 1 is 1.43 bits per heavy atom. The molecule has 110 valence electrons. The van der Waals surface area contributed by atoms with Crippen LogP contribution < -0.4 is 16.5 Å². The predicted molar refractivity (Wildman–Crippen MR) is 83.8 cm³/mol. The van der Waals surface area contributed by atoms with Gasteiger partial charge in [-0.2, -0.15) is 9.97 Å². The summed E-state index contributed by atoms with van der Waals surface area (Å²) in [7, 11) is 0. The third-order valence-electron chi connectivity index (χ3n) is 2.72. The Labute approximate surface area is 127 Å². The van der Waals surface area contributed by atoms with Crippen LogP contribution in [0.3, 0.4) is 0 Å². The van der Waals surface area contributed by atoms with Crippen molar-refractivity contribution in [3.05, 3.63) is 58.3 Å². The maximum absolute atomic E-state index is 12.2. The predicted octanol–water partition coefficient (Wildman–Crippen LogP) is 1.95. The first-order valence-electron chi connectivity index (χ1n) is 6.51. The second kappa shape index (κ2) is 7.01. The number of rotatable bonds is 6. The average molecular weight is 306 g/mol. The molecule has 2 rings (SSSR count). The number of halogens is 1. The summed E-state index contributed by atoms with van der Waals surface area (Å²) in [6.45, 7) is 6.03. The normalized spacial score (nSPS) is 10.4. The van der Waals surface area contributed by atoms with E-state index >= 15 is 0 Å². The van der Waals surface area contributed by atoms with Crippen molar-refractivity contribution in [2.24, 2.45) is 0 Å². The average Bonchev–Trinajstić information content (AvgIpc) is 2.46. The van der Waals surface area contributed by atoms with E-state index in [1.165, 1.54) is 4.57 Å². The van der Waals surface area contributed by atoms with Crippen LogP contribution in [0.15, 0.2) is 41.7 Å². The fraction of sp³-hybridized carbons (Fsp3) is 0.214. The van der Waals surface area contributed by atoms with E-state index < -0.39 is 5.69 Å². The third kappa shape index (κ3) is 3.68. The van der Waals surface area contributed by atoms with Crippen molar-refractivity contribution in [1.29, 1.82) is 0 Å². The first kappa shape index (κ1) is 15.2. The van der Waals surface area contributed by atoms with Crippen molar-refractivity contribution in [1.82, 2.24) is 20.0 Å². The second-order valence-electron chi connectivity index (χ2n) is 4.21. The summed E-state index contributed by atoms with van der Waals surface area (Å²) >= 11 is 5.97. The van der Waals surface area contributed by atoms with Gasteiger partial charge in [0.15, 0.2) is 0 Å².